The van der Waals surface area contributed by atoms with Crippen LogP contribution < -0.4 is 10.9 Å². The van der Waals surface area contributed by atoms with Crippen molar-refractivity contribution in [3.8, 4) is 0 Å². The van der Waals surface area contributed by atoms with Gasteiger partial charge in [-0.25, -0.2) is 8.78 Å². The molecule has 98 valence electrons. The molecule has 1 amide bonds. The Morgan fingerprint density at radius 1 is 1.16 bits per heavy atom. The van der Waals surface area contributed by atoms with Crippen LogP contribution in [0, 0.1) is 11.6 Å². The number of amides is 1. The Hall–Kier alpha value is -2.50. The first-order chi connectivity index (χ1) is 9.06. The fraction of sp³-hybridized carbons (Fsp3) is 0.0769. The molecule has 19 heavy (non-hydrogen) atoms. The molecule has 4 nitrogen and oxygen atoms in total. The van der Waals surface area contributed by atoms with E-state index in [0.717, 1.165) is 12.1 Å². The number of H-pyrrole nitrogens is 1. The molecule has 0 saturated heterocycles. The molecule has 0 fully saturated rings. The second-order valence-corrected chi connectivity index (χ2v) is 3.86. The highest BCUT2D eigenvalue weighted by atomic mass is 19.2. The molecule has 0 radical (unpaired) electrons. The van der Waals surface area contributed by atoms with Crippen LogP contribution in [0.25, 0.3) is 0 Å². The number of pyridine rings is 1. The maximum atomic E-state index is 12.9. The molecule has 6 heteroatoms. The highest BCUT2D eigenvalue weighted by Gasteiger charge is 2.07. The fourth-order valence-electron chi connectivity index (χ4n) is 1.51. The number of nitrogens with one attached hydrogen (secondary N) is 2. The van der Waals surface area contributed by atoms with E-state index < -0.39 is 17.5 Å². The van der Waals surface area contributed by atoms with Crippen molar-refractivity contribution in [2.24, 2.45) is 0 Å². The SMILES string of the molecule is O=C(NCc1ccc(F)c(F)c1)c1cccc(=O)[nH]1. The van der Waals surface area contributed by atoms with Crippen LogP contribution in [0.5, 0.6) is 0 Å². The van der Waals surface area contributed by atoms with Gasteiger partial charge in [-0.15, -0.1) is 0 Å². The van der Waals surface area contributed by atoms with Crippen molar-refractivity contribution in [3.63, 3.8) is 0 Å². The fourth-order valence-corrected chi connectivity index (χ4v) is 1.51. The number of hydrogen-bond donors (Lipinski definition) is 2. The normalized spacial score (nSPS) is 10.2. The van der Waals surface area contributed by atoms with E-state index >= 15 is 0 Å². The van der Waals surface area contributed by atoms with Gasteiger partial charge in [0, 0.05) is 12.6 Å². The van der Waals surface area contributed by atoms with E-state index in [4.69, 9.17) is 0 Å². The first kappa shape index (κ1) is 12.9. The first-order valence-electron chi connectivity index (χ1n) is 5.48. The maximum Gasteiger partial charge on any atom is 0.268 e. The summed E-state index contributed by atoms with van der Waals surface area (Å²) in [7, 11) is 0. The van der Waals surface area contributed by atoms with E-state index in [-0.39, 0.29) is 17.8 Å². The molecule has 0 spiro atoms. The molecule has 1 aromatic carbocycles. The van der Waals surface area contributed by atoms with Gasteiger partial charge in [0.25, 0.3) is 5.91 Å². The van der Waals surface area contributed by atoms with Crippen LogP contribution in [0.2, 0.25) is 0 Å². The molecule has 0 saturated carbocycles. The van der Waals surface area contributed by atoms with Crippen molar-refractivity contribution in [1.29, 1.82) is 0 Å². The summed E-state index contributed by atoms with van der Waals surface area (Å²) in [5.41, 5.74) is 0.140. The second-order valence-electron chi connectivity index (χ2n) is 3.86. The number of aromatic amines is 1. The Labute approximate surface area is 107 Å². The Bertz CT molecular complexity index is 668. The van der Waals surface area contributed by atoms with Crippen LogP contribution >= 0.6 is 0 Å². The molecule has 2 rings (SSSR count). The lowest BCUT2D eigenvalue weighted by Crippen LogP contribution is -2.25. The van der Waals surface area contributed by atoms with E-state index in [1.54, 1.807) is 0 Å². The Morgan fingerprint density at radius 3 is 2.63 bits per heavy atom. The third kappa shape index (κ3) is 3.25. The molecule has 1 aromatic heterocycles. The standard InChI is InChI=1S/C13H10F2N2O2/c14-9-5-4-8(6-10(9)15)7-16-13(19)11-2-1-3-12(18)17-11/h1-6H,7H2,(H,16,19)(H,17,18). The smallest absolute Gasteiger partial charge is 0.268 e. The van der Waals surface area contributed by atoms with Crippen LogP contribution in [0.1, 0.15) is 16.1 Å². The van der Waals surface area contributed by atoms with Crippen molar-refractivity contribution in [2.45, 2.75) is 6.54 Å². The largest absolute Gasteiger partial charge is 0.347 e. The number of benzene rings is 1. The van der Waals surface area contributed by atoms with E-state index in [1.807, 2.05) is 0 Å². The van der Waals surface area contributed by atoms with Gasteiger partial charge in [-0.1, -0.05) is 12.1 Å². The zero-order valence-corrected chi connectivity index (χ0v) is 9.74. The topological polar surface area (TPSA) is 62.0 Å². The molecule has 0 bridgehead atoms. The summed E-state index contributed by atoms with van der Waals surface area (Å²) in [4.78, 5) is 25.1. The van der Waals surface area contributed by atoms with Gasteiger partial charge in [-0.05, 0) is 23.8 Å². The molecular weight excluding hydrogens is 254 g/mol. The number of halogens is 2. The summed E-state index contributed by atoms with van der Waals surface area (Å²) in [6.45, 7) is 0.0347. The van der Waals surface area contributed by atoms with E-state index in [9.17, 15) is 18.4 Å². The predicted molar refractivity (Wildman–Crippen MR) is 64.6 cm³/mol. The summed E-state index contributed by atoms with van der Waals surface area (Å²) < 4.78 is 25.6. The van der Waals surface area contributed by atoms with Crippen LogP contribution in [-0.4, -0.2) is 10.9 Å². The second kappa shape index (κ2) is 5.43. The summed E-state index contributed by atoms with van der Waals surface area (Å²) >= 11 is 0. The van der Waals surface area contributed by atoms with Gasteiger partial charge in [-0.2, -0.15) is 0 Å². The predicted octanol–water partition coefficient (Wildman–Crippen LogP) is 1.58. The molecule has 0 aliphatic heterocycles. The van der Waals surface area contributed by atoms with Crippen molar-refractivity contribution in [1.82, 2.24) is 10.3 Å². The van der Waals surface area contributed by atoms with Crippen LogP contribution in [0.3, 0.4) is 0 Å². The van der Waals surface area contributed by atoms with E-state index in [1.165, 1.54) is 24.3 Å². The highest BCUT2D eigenvalue weighted by Crippen LogP contribution is 2.08. The monoisotopic (exact) mass is 264 g/mol. The van der Waals surface area contributed by atoms with Gasteiger partial charge in [0.2, 0.25) is 5.56 Å². The van der Waals surface area contributed by atoms with Crippen LogP contribution in [-0.2, 0) is 6.54 Å². The molecule has 0 atom stereocenters. The Kier molecular flexibility index (Phi) is 3.70. The Balaban J connectivity index is 2.04. The molecule has 2 N–H and O–H groups in total. The number of rotatable bonds is 3. The number of hydrogen-bond acceptors (Lipinski definition) is 2. The van der Waals surface area contributed by atoms with E-state index in [2.05, 4.69) is 10.3 Å². The molecule has 0 unspecified atom stereocenters. The minimum Gasteiger partial charge on any atom is -0.347 e. The molecule has 0 aliphatic rings. The molecule has 0 aliphatic carbocycles. The quantitative estimate of drug-likeness (QED) is 0.884. The Morgan fingerprint density at radius 2 is 1.95 bits per heavy atom. The zero-order valence-electron chi connectivity index (χ0n) is 9.74. The third-order valence-electron chi connectivity index (χ3n) is 2.45. The molecular formula is C13H10F2N2O2. The average Bonchev–Trinajstić information content (AvgIpc) is 2.40. The zero-order chi connectivity index (χ0) is 13.8. The van der Waals surface area contributed by atoms with Gasteiger partial charge in [0.1, 0.15) is 5.69 Å². The van der Waals surface area contributed by atoms with Crippen molar-refractivity contribution in [3.05, 3.63) is 69.6 Å². The summed E-state index contributed by atoms with van der Waals surface area (Å²) in [6, 6.07) is 7.54. The van der Waals surface area contributed by atoms with Crippen molar-refractivity contribution < 1.29 is 13.6 Å². The van der Waals surface area contributed by atoms with Gasteiger partial charge >= 0.3 is 0 Å². The first-order valence-corrected chi connectivity index (χ1v) is 5.48. The lowest BCUT2D eigenvalue weighted by Gasteiger charge is -2.05. The lowest BCUT2D eigenvalue weighted by atomic mass is 10.2. The number of carbonyl (C=O) groups is 1. The van der Waals surface area contributed by atoms with Gasteiger partial charge < -0.3 is 10.3 Å². The van der Waals surface area contributed by atoms with Crippen molar-refractivity contribution in [2.75, 3.05) is 0 Å². The minimum atomic E-state index is -0.972. The summed E-state index contributed by atoms with van der Waals surface area (Å²) in [6.07, 6.45) is 0. The third-order valence-corrected chi connectivity index (χ3v) is 2.45. The molecule has 2 aromatic rings. The highest BCUT2D eigenvalue weighted by molar-refractivity contribution is 5.92. The number of aromatic nitrogens is 1. The van der Waals surface area contributed by atoms with Gasteiger partial charge in [0.05, 0.1) is 0 Å². The van der Waals surface area contributed by atoms with E-state index in [0.29, 0.717) is 5.56 Å². The maximum absolute atomic E-state index is 12.9. The van der Waals surface area contributed by atoms with Gasteiger partial charge in [-0.3, -0.25) is 9.59 Å². The summed E-state index contributed by atoms with van der Waals surface area (Å²) in [5.74, 6) is -2.41. The van der Waals surface area contributed by atoms with Crippen LogP contribution in [0.15, 0.2) is 41.2 Å². The van der Waals surface area contributed by atoms with Gasteiger partial charge in [0.15, 0.2) is 11.6 Å². The van der Waals surface area contributed by atoms with Crippen molar-refractivity contribution >= 4 is 5.91 Å². The minimum absolute atomic E-state index is 0.0347. The summed E-state index contributed by atoms with van der Waals surface area (Å²) in [5, 5.41) is 2.49. The lowest BCUT2D eigenvalue weighted by molar-refractivity contribution is 0.0945. The number of carbonyl (C=O) groups excluding carboxylic acids is 1. The average molecular weight is 264 g/mol. The molecule has 1 heterocycles. The van der Waals surface area contributed by atoms with Crippen LogP contribution in [0.4, 0.5) is 8.78 Å².